The third-order valence-corrected chi connectivity index (χ3v) is 6.70. The van der Waals surface area contributed by atoms with Crippen LogP contribution in [0.1, 0.15) is 48.0 Å². The van der Waals surface area contributed by atoms with Gasteiger partial charge < -0.3 is 21.1 Å². The fourth-order valence-electron chi connectivity index (χ4n) is 3.30. The van der Waals surface area contributed by atoms with Gasteiger partial charge in [0.1, 0.15) is 5.60 Å². The monoisotopic (exact) mass is 469 g/mol. The summed E-state index contributed by atoms with van der Waals surface area (Å²) in [4.78, 5) is 22.2. The smallest absolute Gasteiger partial charge is 0.407 e. The number of nitrogens with two attached hydrogens (primary N) is 1. The fraction of sp³-hybridized carbons (Fsp3) is 0.480. The van der Waals surface area contributed by atoms with Gasteiger partial charge in [-0.1, -0.05) is 6.92 Å². The molecule has 1 aliphatic carbocycles. The maximum atomic E-state index is 11.7. The summed E-state index contributed by atoms with van der Waals surface area (Å²) in [6.45, 7) is 12.7. The van der Waals surface area contributed by atoms with Crippen molar-refractivity contribution in [3.8, 4) is 10.6 Å². The Balaban J connectivity index is 1.78. The Bertz CT molecular complexity index is 1150. The van der Waals surface area contributed by atoms with Crippen LogP contribution in [-0.2, 0) is 4.74 Å². The largest absolute Gasteiger partial charge is 0.444 e. The van der Waals surface area contributed by atoms with Gasteiger partial charge in [-0.25, -0.2) is 9.78 Å². The van der Waals surface area contributed by atoms with Gasteiger partial charge in [0.05, 0.1) is 32.7 Å². The SMILES string of the molecule is CCC(C)(Nc1ccc2nc3ccc(=NCCNC(=O)OC(C)(C)C)cc-3sc2c1)C(C)N. The molecule has 8 heteroatoms. The maximum absolute atomic E-state index is 11.7. The molecule has 3 rings (SSSR count). The second-order valence-corrected chi connectivity index (χ2v) is 10.6. The van der Waals surface area contributed by atoms with Crippen LogP contribution in [0.25, 0.3) is 20.8 Å². The van der Waals surface area contributed by atoms with Crippen LogP contribution in [0.15, 0.2) is 41.4 Å². The number of fused-ring (bicyclic) bond motifs is 2. The van der Waals surface area contributed by atoms with E-state index >= 15 is 0 Å². The molecule has 0 saturated heterocycles. The Morgan fingerprint density at radius 3 is 2.64 bits per heavy atom. The fourth-order valence-corrected chi connectivity index (χ4v) is 4.34. The van der Waals surface area contributed by atoms with E-state index in [-0.39, 0.29) is 11.6 Å². The van der Waals surface area contributed by atoms with Crippen LogP contribution in [0, 0.1) is 0 Å². The molecule has 0 fully saturated rings. The lowest BCUT2D eigenvalue weighted by Crippen LogP contribution is -2.49. The van der Waals surface area contributed by atoms with Crippen LogP contribution < -0.4 is 21.7 Å². The summed E-state index contributed by atoms with van der Waals surface area (Å²) in [6.07, 6.45) is 0.497. The molecule has 0 radical (unpaired) electrons. The van der Waals surface area contributed by atoms with Gasteiger partial charge in [-0.15, -0.1) is 11.3 Å². The van der Waals surface area contributed by atoms with Crippen LogP contribution in [0.3, 0.4) is 0 Å². The molecule has 1 heterocycles. The minimum atomic E-state index is -0.510. The Kier molecular flexibility index (Phi) is 7.59. The van der Waals surface area contributed by atoms with Crippen LogP contribution in [0.4, 0.5) is 10.5 Å². The van der Waals surface area contributed by atoms with Gasteiger partial charge in [0.2, 0.25) is 0 Å². The van der Waals surface area contributed by atoms with E-state index in [0.717, 1.165) is 38.3 Å². The first-order valence-electron chi connectivity index (χ1n) is 11.3. The molecule has 0 aromatic heterocycles. The molecule has 0 saturated carbocycles. The van der Waals surface area contributed by atoms with Crippen molar-refractivity contribution in [2.75, 3.05) is 18.4 Å². The molecule has 1 aromatic carbocycles. The number of nitrogens with zero attached hydrogens (tertiary/aromatic N) is 2. The van der Waals surface area contributed by atoms with Crippen molar-refractivity contribution >= 4 is 33.3 Å². The third-order valence-electron chi connectivity index (χ3n) is 5.61. The van der Waals surface area contributed by atoms with E-state index in [0.29, 0.717) is 13.1 Å². The number of benzene rings is 2. The molecule has 7 nitrogen and oxygen atoms in total. The van der Waals surface area contributed by atoms with Gasteiger partial charge >= 0.3 is 6.09 Å². The second-order valence-electron chi connectivity index (χ2n) is 9.54. The van der Waals surface area contributed by atoms with Crippen LogP contribution in [0.2, 0.25) is 0 Å². The van der Waals surface area contributed by atoms with E-state index in [2.05, 4.69) is 41.6 Å². The molecule has 0 spiro atoms. The molecule has 2 unspecified atom stereocenters. The zero-order valence-electron chi connectivity index (χ0n) is 20.4. The number of ether oxygens (including phenoxy) is 1. The van der Waals surface area contributed by atoms with Crippen molar-refractivity contribution < 1.29 is 9.53 Å². The molecular weight excluding hydrogens is 434 g/mol. The van der Waals surface area contributed by atoms with E-state index in [1.165, 1.54) is 0 Å². The van der Waals surface area contributed by atoms with E-state index < -0.39 is 11.7 Å². The summed E-state index contributed by atoms with van der Waals surface area (Å²) in [5.74, 6) is 0. The van der Waals surface area contributed by atoms with E-state index in [1.54, 1.807) is 11.3 Å². The summed E-state index contributed by atoms with van der Waals surface area (Å²) in [5, 5.41) is 7.19. The highest BCUT2D eigenvalue weighted by atomic mass is 32.1. The molecule has 1 amide bonds. The number of hydrogen-bond acceptors (Lipinski definition) is 7. The summed E-state index contributed by atoms with van der Waals surface area (Å²) < 4.78 is 6.33. The molecule has 1 aliphatic heterocycles. The van der Waals surface area contributed by atoms with E-state index in [9.17, 15) is 4.79 Å². The predicted octanol–water partition coefficient (Wildman–Crippen LogP) is 4.75. The van der Waals surface area contributed by atoms with Gasteiger partial charge in [-0.2, -0.15) is 0 Å². The van der Waals surface area contributed by atoms with Crippen molar-refractivity contribution in [2.24, 2.45) is 10.7 Å². The number of rotatable bonds is 7. The number of aromatic nitrogens is 1. The Labute approximate surface area is 199 Å². The number of carbonyl (C=O) groups is 1. The van der Waals surface area contributed by atoms with Gasteiger partial charge in [0.15, 0.2) is 0 Å². The van der Waals surface area contributed by atoms with Crippen molar-refractivity contribution in [1.29, 1.82) is 0 Å². The van der Waals surface area contributed by atoms with Gasteiger partial charge in [0.25, 0.3) is 0 Å². The lowest BCUT2D eigenvalue weighted by molar-refractivity contribution is 0.0529. The van der Waals surface area contributed by atoms with Gasteiger partial charge in [-0.05, 0) is 77.4 Å². The molecular formula is C25H35N5O2S. The quantitative estimate of drug-likeness (QED) is 0.342. The highest BCUT2D eigenvalue weighted by molar-refractivity contribution is 7.21. The molecule has 2 aliphatic rings. The highest BCUT2D eigenvalue weighted by Gasteiger charge is 2.26. The predicted molar refractivity (Wildman–Crippen MR) is 137 cm³/mol. The molecule has 4 N–H and O–H groups in total. The topological polar surface area (TPSA) is 102 Å². The third kappa shape index (κ3) is 6.65. The lowest BCUT2D eigenvalue weighted by atomic mass is 9.90. The average molecular weight is 470 g/mol. The van der Waals surface area contributed by atoms with E-state index in [4.69, 9.17) is 15.5 Å². The van der Waals surface area contributed by atoms with Gasteiger partial charge in [0, 0.05) is 23.8 Å². The first kappa shape index (κ1) is 24.9. The number of alkyl carbamates (subject to hydrolysis) is 1. The van der Waals surface area contributed by atoms with Crippen LogP contribution in [-0.4, -0.2) is 41.3 Å². The first-order chi connectivity index (χ1) is 15.5. The van der Waals surface area contributed by atoms with Crippen LogP contribution >= 0.6 is 11.3 Å². The number of nitrogens with one attached hydrogen (secondary N) is 2. The van der Waals surface area contributed by atoms with Gasteiger partial charge in [-0.3, -0.25) is 4.99 Å². The molecule has 2 atom stereocenters. The van der Waals surface area contributed by atoms with Crippen molar-refractivity contribution in [3.05, 3.63) is 41.8 Å². The summed E-state index contributed by atoms with van der Waals surface area (Å²) >= 11 is 1.69. The normalized spacial score (nSPS) is 15.3. The summed E-state index contributed by atoms with van der Waals surface area (Å²) in [5.41, 5.74) is 8.46. The van der Waals surface area contributed by atoms with Crippen LogP contribution in [0.5, 0.6) is 0 Å². The average Bonchev–Trinajstić information content (AvgIpc) is 2.73. The zero-order chi connectivity index (χ0) is 24.2. The zero-order valence-corrected chi connectivity index (χ0v) is 21.2. The Morgan fingerprint density at radius 2 is 1.97 bits per heavy atom. The summed E-state index contributed by atoms with van der Waals surface area (Å²) in [6, 6.07) is 12.2. The standard InChI is InChI=1S/C25H35N5O2S/c1-7-25(6,16(2)26)30-18-9-11-20-22(15-18)33-21-14-17(8-10-19(21)29-20)27-12-13-28-23(31)32-24(3,4)5/h8-11,14-16,30H,7,12-13,26H2,1-6H3,(H,28,31). The lowest BCUT2D eigenvalue weighted by Gasteiger charge is -2.34. The first-order valence-corrected chi connectivity index (χ1v) is 12.2. The minimum Gasteiger partial charge on any atom is -0.444 e. The molecule has 0 bridgehead atoms. The van der Waals surface area contributed by atoms with E-state index in [1.807, 2.05) is 52.0 Å². The molecule has 178 valence electrons. The summed E-state index contributed by atoms with van der Waals surface area (Å²) in [7, 11) is 0. The van der Waals surface area contributed by atoms with Crippen molar-refractivity contribution in [1.82, 2.24) is 10.3 Å². The van der Waals surface area contributed by atoms with Crippen molar-refractivity contribution in [3.63, 3.8) is 0 Å². The van der Waals surface area contributed by atoms with Crippen molar-refractivity contribution in [2.45, 2.75) is 65.1 Å². The Morgan fingerprint density at radius 1 is 1.21 bits per heavy atom. The minimum absolute atomic E-state index is 0.0191. The number of amides is 1. The molecule has 33 heavy (non-hydrogen) atoms. The second kappa shape index (κ2) is 10.1. The Hall–Kier alpha value is -2.71. The maximum Gasteiger partial charge on any atom is 0.407 e. The number of hydrogen-bond donors (Lipinski definition) is 3. The number of carbonyl (C=O) groups excluding carboxylic acids is 1. The molecule has 1 aromatic rings. The number of anilines is 1. The highest BCUT2D eigenvalue weighted by Crippen LogP contribution is 2.32.